The maximum atomic E-state index is 2.45. The predicted octanol–water partition coefficient (Wildman–Crippen LogP) is 16.0. The van der Waals surface area contributed by atoms with Gasteiger partial charge in [-0.05, 0) is 113 Å². The zero-order valence-corrected chi connectivity index (χ0v) is 32.8. The molecule has 0 saturated carbocycles. The van der Waals surface area contributed by atoms with Crippen molar-refractivity contribution >= 4 is 107 Å². The summed E-state index contributed by atoms with van der Waals surface area (Å²) in [7, 11) is 0. The van der Waals surface area contributed by atoms with E-state index in [0.717, 1.165) is 5.69 Å². The highest BCUT2D eigenvalue weighted by molar-refractivity contribution is 7.26. The topological polar surface area (TPSA) is 9.86 Å². The minimum absolute atomic E-state index is 1.16. The Labute approximate surface area is 341 Å². The molecule has 0 amide bonds. The first kappa shape index (κ1) is 32.1. The van der Waals surface area contributed by atoms with Crippen molar-refractivity contribution in [3.05, 3.63) is 194 Å². The van der Waals surface area contributed by atoms with E-state index in [9.17, 15) is 0 Å². The molecule has 4 heteroatoms. The third kappa shape index (κ3) is 4.70. The molecule has 270 valence electrons. The maximum Gasteiger partial charge on any atom is 0.0541 e. The van der Waals surface area contributed by atoms with Crippen LogP contribution in [-0.4, -0.2) is 9.13 Å². The number of fused-ring (bicyclic) bond motifs is 12. The van der Waals surface area contributed by atoms with Crippen LogP contribution in [-0.2, 0) is 0 Å². The average Bonchev–Trinajstić information content (AvgIpc) is 4.03. The molecule has 0 fully saturated rings. The zero-order valence-electron chi connectivity index (χ0n) is 31.2. The number of nitrogens with zero attached hydrogens (tertiary/aromatic N) is 2. The molecule has 13 aromatic rings. The summed E-state index contributed by atoms with van der Waals surface area (Å²) >= 11 is 3.74. The second-order valence-corrected chi connectivity index (χ2v) is 17.5. The molecule has 4 heterocycles. The van der Waals surface area contributed by atoms with Crippen LogP contribution in [0.2, 0.25) is 0 Å². The predicted molar refractivity (Wildman–Crippen MR) is 252 cm³/mol. The van der Waals surface area contributed by atoms with E-state index in [1.807, 2.05) is 22.7 Å². The van der Waals surface area contributed by atoms with E-state index in [1.54, 1.807) is 0 Å². The third-order valence-electron chi connectivity index (χ3n) is 12.1. The molecule has 0 aliphatic carbocycles. The van der Waals surface area contributed by atoms with Crippen LogP contribution in [0.25, 0.3) is 118 Å². The maximum absolute atomic E-state index is 2.45. The van der Waals surface area contributed by atoms with Crippen LogP contribution >= 0.6 is 22.7 Å². The Morgan fingerprint density at radius 2 is 0.621 bits per heavy atom. The second-order valence-electron chi connectivity index (χ2n) is 15.3. The largest absolute Gasteiger partial charge is 0.309 e. The summed E-state index contributed by atoms with van der Waals surface area (Å²) in [5.41, 5.74) is 12.0. The van der Waals surface area contributed by atoms with Crippen molar-refractivity contribution in [3.63, 3.8) is 0 Å². The summed E-state index contributed by atoms with van der Waals surface area (Å²) in [5, 5.41) is 10.3. The van der Waals surface area contributed by atoms with Gasteiger partial charge in [0.1, 0.15) is 0 Å². The Hall–Kier alpha value is -6.98. The summed E-state index contributed by atoms with van der Waals surface area (Å²) in [4.78, 5) is 0. The Bertz CT molecular complexity index is 3710. The highest BCUT2D eigenvalue weighted by Crippen LogP contribution is 2.42. The van der Waals surface area contributed by atoms with E-state index in [2.05, 4.69) is 203 Å². The van der Waals surface area contributed by atoms with E-state index < -0.39 is 0 Å². The third-order valence-corrected chi connectivity index (χ3v) is 14.4. The smallest absolute Gasteiger partial charge is 0.0541 e. The van der Waals surface area contributed by atoms with Gasteiger partial charge in [-0.3, -0.25) is 0 Å². The van der Waals surface area contributed by atoms with Crippen molar-refractivity contribution < 1.29 is 0 Å². The first-order valence-electron chi connectivity index (χ1n) is 19.7. The van der Waals surface area contributed by atoms with Crippen LogP contribution in [0.15, 0.2) is 194 Å². The molecule has 58 heavy (non-hydrogen) atoms. The van der Waals surface area contributed by atoms with Crippen LogP contribution in [0, 0.1) is 0 Å². The highest BCUT2D eigenvalue weighted by Gasteiger charge is 2.17. The molecule has 0 spiro atoms. The second kappa shape index (κ2) is 12.3. The van der Waals surface area contributed by atoms with Gasteiger partial charge in [0, 0.05) is 73.3 Å². The van der Waals surface area contributed by atoms with Gasteiger partial charge in [-0.25, -0.2) is 0 Å². The quantitative estimate of drug-likeness (QED) is 0.169. The van der Waals surface area contributed by atoms with Gasteiger partial charge in [0.2, 0.25) is 0 Å². The van der Waals surface area contributed by atoms with E-state index in [1.165, 1.54) is 112 Å². The SMILES string of the molecule is c1ccc2c(c1)sc1ccc(-c3cc(-c4ccc5sc6ccc(-n7c8ccccc8c8ccccc87)cc6c5c4)cc(-n4c5ccccc5c5ccccc54)c3)cc12. The van der Waals surface area contributed by atoms with Crippen molar-refractivity contribution in [1.29, 1.82) is 0 Å². The van der Waals surface area contributed by atoms with Crippen LogP contribution in [0.4, 0.5) is 0 Å². The van der Waals surface area contributed by atoms with Gasteiger partial charge < -0.3 is 9.13 Å². The molecular formula is C54H32N2S2. The Morgan fingerprint density at radius 1 is 0.241 bits per heavy atom. The molecule has 0 bridgehead atoms. The van der Waals surface area contributed by atoms with E-state index >= 15 is 0 Å². The molecule has 0 saturated heterocycles. The van der Waals surface area contributed by atoms with Crippen molar-refractivity contribution in [2.75, 3.05) is 0 Å². The molecule has 0 aliphatic rings. The summed E-state index contributed by atoms with van der Waals surface area (Å²) in [5.74, 6) is 0. The molecule has 13 rings (SSSR count). The van der Waals surface area contributed by atoms with Gasteiger partial charge >= 0.3 is 0 Å². The number of rotatable bonds is 4. The Kier molecular flexibility index (Phi) is 6.79. The molecule has 0 unspecified atom stereocenters. The Morgan fingerprint density at radius 3 is 1.14 bits per heavy atom. The number of benzene rings is 9. The zero-order chi connectivity index (χ0) is 37.9. The van der Waals surface area contributed by atoms with E-state index in [-0.39, 0.29) is 0 Å². The van der Waals surface area contributed by atoms with Gasteiger partial charge in [0.15, 0.2) is 0 Å². The molecule has 9 aromatic carbocycles. The fourth-order valence-corrected chi connectivity index (χ4v) is 11.6. The highest BCUT2D eigenvalue weighted by atomic mass is 32.1. The lowest BCUT2D eigenvalue weighted by Gasteiger charge is -2.14. The van der Waals surface area contributed by atoms with Crippen LogP contribution in [0.1, 0.15) is 0 Å². The number of aromatic nitrogens is 2. The number of para-hydroxylation sites is 4. The first-order chi connectivity index (χ1) is 28.7. The lowest BCUT2D eigenvalue weighted by Crippen LogP contribution is -1.96. The van der Waals surface area contributed by atoms with Crippen molar-refractivity contribution in [2.24, 2.45) is 0 Å². The number of hydrogen-bond donors (Lipinski definition) is 0. The minimum Gasteiger partial charge on any atom is -0.309 e. The molecular weight excluding hydrogens is 741 g/mol. The molecule has 4 aromatic heterocycles. The van der Waals surface area contributed by atoms with Crippen LogP contribution in [0.5, 0.6) is 0 Å². The molecule has 2 nitrogen and oxygen atoms in total. The molecule has 0 N–H and O–H groups in total. The van der Waals surface area contributed by atoms with Gasteiger partial charge in [-0.1, -0.05) is 103 Å². The standard InChI is InChI=1S/C54H32N2S2/c1-6-16-47-39(11-1)40-12-2-7-17-48(40)55(47)37-23-26-54-46(32-37)45-31-34(22-25-53(45)58-54)36-27-35(33-21-24-52-44(30-33)43-15-5-10-20-51(43)57-52)28-38(29-36)56-49-18-8-3-13-41(49)42-14-4-9-19-50(42)56/h1-32H. The Balaban J connectivity index is 1.04. The van der Waals surface area contributed by atoms with E-state index in [4.69, 9.17) is 0 Å². The van der Waals surface area contributed by atoms with Gasteiger partial charge in [-0.2, -0.15) is 0 Å². The lowest BCUT2D eigenvalue weighted by atomic mass is 9.96. The summed E-state index contributed by atoms with van der Waals surface area (Å²) in [6.45, 7) is 0. The molecule has 0 atom stereocenters. The van der Waals surface area contributed by atoms with Crippen molar-refractivity contribution in [3.8, 4) is 33.6 Å². The monoisotopic (exact) mass is 772 g/mol. The van der Waals surface area contributed by atoms with Crippen molar-refractivity contribution in [1.82, 2.24) is 9.13 Å². The fraction of sp³-hybridized carbons (Fsp3) is 0. The van der Waals surface area contributed by atoms with E-state index in [0.29, 0.717) is 0 Å². The average molecular weight is 773 g/mol. The van der Waals surface area contributed by atoms with Crippen LogP contribution < -0.4 is 0 Å². The van der Waals surface area contributed by atoms with Crippen LogP contribution in [0.3, 0.4) is 0 Å². The summed E-state index contributed by atoms with van der Waals surface area (Å²) in [6.07, 6.45) is 0. The fourth-order valence-electron chi connectivity index (χ4n) is 9.46. The summed E-state index contributed by atoms with van der Waals surface area (Å²) in [6, 6.07) is 72.1. The number of hydrogen-bond acceptors (Lipinski definition) is 2. The molecule has 0 aliphatic heterocycles. The summed E-state index contributed by atoms with van der Waals surface area (Å²) < 4.78 is 10.1. The lowest BCUT2D eigenvalue weighted by molar-refractivity contribution is 1.18. The van der Waals surface area contributed by atoms with Gasteiger partial charge in [0.05, 0.1) is 22.1 Å². The molecule has 0 radical (unpaired) electrons. The van der Waals surface area contributed by atoms with Gasteiger partial charge in [-0.15, -0.1) is 22.7 Å². The van der Waals surface area contributed by atoms with Crippen molar-refractivity contribution in [2.45, 2.75) is 0 Å². The first-order valence-corrected chi connectivity index (χ1v) is 21.4. The number of thiophene rings is 2. The van der Waals surface area contributed by atoms with Gasteiger partial charge in [0.25, 0.3) is 0 Å². The minimum atomic E-state index is 1.16. The normalized spacial score (nSPS) is 12.1.